The summed E-state index contributed by atoms with van der Waals surface area (Å²) in [5.74, 6) is -1.36. The summed E-state index contributed by atoms with van der Waals surface area (Å²) >= 11 is 0. The van der Waals surface area contributed by atoms with Crippen molar-refractivity contribution in [2.45, 2.75) is 26.3 Å². The number of hydrogen-bond acceptors (Lipinski definition) is 4. The lowest BCUT2D eigenvalue weighted by molar-refractivity contribution is -0.128. The second-order valence-electron chi connectivity index (χ2n) is 8.59. The van der Waals surface area contributed by atoms with Gasteiger partial charge < -0.3 is 15.0 Å². The Morgan fingerprint density at radius 2 is 1.60 bits per heavy atom. The zero-order valence-electron chi connectivity index (χ0n) is 19.5. The lowest BCUT2D eigenvalue weighted by Gasteiger charge is -2.26. The van der Waals surface area contributed by atoms with E-state index < -0.39 is 29.8 Å². The summed E-state index contributed by atoms with van der Waals surface area (Å²) in [6.07, 6.45) is -0.334. The number of amides is 3. The van der Waals surface area contributed by atoms with Crippen LogP contribution in [0, 0.1) is 11.7 Å². The summed E-state index contributed by atoms with van der Waals surface area (Å²) in [4.78, 5) is 42.9. The van der Waals surface area contributed by atoms with Crippen LogP contribution in [0.2, 0.25) is 0 Å². The first-order chi connectivity index (χ1) is 16.8. The summed E-state index contributed by atoms with van der Waals surface area (Å²) in [6, 6.07) is 19.4. The Hall–Kier alpha value is -4.20. The minimum Gasteiger partial charge on any atom is -0.410 e. The van der Waals surface area contributed by atoms with Crippen LogP contribution < -0.4 is 19.9 Å². The van der Waals surface area contributed by atoms with E-state index in [-0.39, 0.29) is 23.9 Å². The molecule has 0 bridgehead atoms. The average molecular weight is 476 g/mol. The number of fused-ring (bicyclic) bond motifs is 1. The van der Waals surface area contributed by atoms with E-state index in [0.29, 0.717) is 17.8 Å². The Kier molecular flexibility index (Phi) is 7.10. The van der Waals surface area contributed by atoms with Crippen LogP contribution in [-0.4, -0.2) is 30.5 Å². The Labute approximate surface area is 203 Å². The molecule has 0 saturated carbocycles. The van der Waals surface area contributed by atoms with E-state index in [1.807, 2.05) is 13.8 Å². The van der Waals surface area contributed by atoms with Crippen molar-refractivity contribution in [1.29, 1.82) is 0 Å². The van der Waals surface area contributed by atoms with Crippen molar-refractivity contribution < 1.29 is 23.5 Å². The maximum absolute atomic E-state index is 14.4. The second-order valence-corrected chi connectivity index (χ2v) is 8.59. The van der Waals surface area contributed by atoms with E-state index in [1.165, 1.54) is 28.0 Å². The van der Waals surface area contributed by atoms with E-state index in [9.17, 15) is 18.8 Å². The molecule has 35 heavy (non-hydrogen) atoms. The largest absolute Gasteiger partial charge is 0.413 e. The molecule has 180 valence electrons. The quantitative estimate of drug-likeness (QED) is 0.507. The van der Waals surface area contributed by atoms with Crippen molar-refractivity contribution in [1.82, 2.24) is 5.32 Å². The lowest BCUT2D eigenvalue weighted by Crippen LogP contribution is -2.55. The van der Waals surface area contributed by atoms with E-state index >= 15 is 0 Å². The van der Waals surface area contributed by atoms with Crippen LogP contribution >= 0.6 is 0 Å². The van der Waals surface area contributed by atoms with Gasteiger partial charge in [-0.2, -0.15) is 0 Å². The maximum Gasteiger partial charge on any atom is 0.413 e. The van der Waals surface area contributed by atoms with Crippen molar-refractivity contribution >= 4 is 35.0 Å². The fraction of sp³-hybridized carbons (Fsp3) is 0.222. The first-order valence-corrected chi connectivity index (χ1v) is 11.4. The van der Waals surface area contributed by atoms with Crippen LogP contribution in [-0.2, 0) is 9.59 Å². The first kappa shape index (κ1) is 23.9. The molecule has 1 atom stereocenters. The van der Waals surface area contributed by atoms with E-state index in [1.54, 1.807) is 60.7 Å². The molecule has 7 nitrogen and oxygen atoms in total. The van der Waals surface area contributed by atoms with Crippen LogP contribution in [0.1, 0.15) is 20.3 Å². The summed E-state index contributed by atoms with van der Waals surface area (Å²) in [6.45, 7) is 4.25. The number of hydrogen-bond donors (Lipinski definition) is 1. The summed E-state index contributed by atoms with van der Waals surface area (Å²) < 4.78 is 19.6. The van der Waals surface area contributed by atoms with Gasteiger partial charge in [0.15, 0.2) is 6.04 Å². The number of carbonyl (C=O) groups excluding carboxylic acids is 3. The van der Waals surface area contributed by atoms with Crippen molar-refractivity contribution in [2.75, 3.05) is 16.3 Å². The highest BCUT2D eigenvalue weighted by Crippen LogP contribution is 2.38. The Morgan fingerprint density at radius 1 is 0.943 bits per heavy atom. The predicted molar refractivity (Wildman–Crippen MR) is 131 cm³/mol. The normalized spacial score (nSPS) is 15.6. The van der Waals surface area contributed by atoms with E-state index in [4.69, 9.17) is 4.74 Å². The van der Waals surface area contributed by atoms with Gasteiger partial charge in [0, 0.05) is 12.2 Å². The van der Waals surface area contributed by atoms with Crippen LogP contribution in [0.5, 0.6) is 5.75 Å². The molecule has 0 fully saturated rings. The molecule has 0 aliphatic carbocycles. The molecule has 3 amide bonds. The Bertz CT molecular complexity index is 1220. The fourth-order valence-electron chi connectivity index (χ4n) is 3.86. The van der Waals surface area contributed by atoms with Crippen LogP contribution in [0.25, 0.3) is 0 Å². The van der Waals surface area contributed by atoms with Crippen molar-refractivity contribution in [2.24, 2.45) is 5.92 Å². The third-order valence-corrected chi connectivity index (χ3v) is 5.61. The topological polar surface area (TPSA) is 79.0 Å². The molecule has 3 aromatic carbocycles. The van der Waals surface area contributed by atoms with Gasteiger partial charge >= 0.3 is 6.09 Å². The summed E-state index contributed by atoms with van der Waals surface area (Å²) in [7, 11) is 0. The van der Waals surface area contributed by atoms with Gasteiger partial charge in [-0.05, 0) is 54.8 Å². The van der Waals surface area contributed by atoms with Gasteiger partial charge in [-0.3, -0.25) is 14.5 Å². The number of nitrogens with zero attached hydrogens (tertiary/aromatic N) is 2. The predicted octanol–water partition coefficient (Wildman–Crippen LogP) is 5.04. The number of halogens is 1. The van der Waals surface area contributed by atoms with Gasteiger partial charge in [0.05, 0.1) is 11.4 Å². The highest BCUT2D eigenvalue weighted by Gasteiger charge is 2.42. The number of rotatable bonds is 6. The number of anilines is 3. The molecular formula is C27H26FN3O4. The third kappa shape index (κ3) is 5.32. The Balaban J connectivity index is 1.77. The molecule has 1 aliphatic heterocycles. The molecule has 0 spiro atoms. The molecule has 0 radical (unpaired) electrons. The smallest absolute Gasteiger partial charge is 0.410 e. The first-order valence-electron chi connectivity index (χ1n) is 11.4. The maximum atomic E-state index is 14.4. The number of nitrogens with one attached hydrogen (secondary N) is 1. The molecule has 1 N–H and O–H groups in total. The zero-order valence-corrected chi connectivity index (χ0v) is 19.5. The molecule has 1 heterocycles. The van der Waals surface area contributed by atoms with Gasteiger partial charge in [0.1, 0.15) is 11.6 Å². The molecular weight excluding hydrogens is 449 g/mol. The van der Waals surface area contributed by atoms with E-state index in [2.05, 4.69) is 5.32 Å². The second kappa shape index (κ2) is 10.4. The van der Waals surface area contributed by atoms with Crippen LogP contribution in [0.15, 0.2) is 78.9 Å². The van der Waals surface area contributed by atoms with Gasteiger partial charge in [-0.25, -0.2) is 9.18 Å². The van der Waals surface area contributed by atoms with Crippen molar-refractivity contribution in [3.05, 3.63) is 84.7 Å². The van der Waals surface area contributed by atoms with Gasteiger partial charge in [0.25, 0.3) is 11.8 Å². The SMILES string of the molecule is CC(C)CCN1C(=O)C(NC(=O)Oc2ccccc2)C(=O)N(c2ccccc2)c2ccc(F)cc21. The number of benzene rings is 3. The molecule has 0 aromatic heterocycles. The fourth-order valence-corrected chi connectivity index (χ4v) is 3.86. The average Bonchev–Trinajstić information content (AvgIpc) is 2.92. The highest BCUT2D eigenvalue weighted by molar-refractivity contribution is 6.23. The minimum atomic E-state index is -1.57. The van der Waals surface area contributed by atoms with Gasteiger partial charge in [-0.1, -0.05) is 50.2 Å². The monoisotopic (exact) mass is 475 g/mol. The van der Waals surface area contributed by atoms with Crippen LogP contribution in [0.4, 0.5) is 26.2 Å². The van der Waals surface area contributed by atoms with Crippen LogP contribution in [0.3, 0.4) is 0 Å². The lowest BCUT2D eigenvalue weighted by atomic mass is 10.1. The van der Waals surface area contributed by atoms with Crippen molar-refractivity contribution in [3.8, 4) is 5.75 Å². The summed E-state index contributed by atoms with van der Waals surface area (Å²) in [5.41, 5.74) is 1.08. The highest BCUT2D eigenvalue weighted by atomic mass is 19.1. The number of para-hydroxylation sites is 2. The van der Waals surface area contributed by atoms with Gasteiger partial charge in [0.2, 0.25) is 0 Å². The third-order valence-electron chi connectivity index (χ3n) is 5.61. The minimum absolute atomic E-state index is 0.245. The Morgan fingerprint density at radius 3 is 2.26 bits per heavy atom. The molecule has 3 aromatic rings. The number of carbonyl (C=O) groups is 3. The number of ether oxygens (including phenoxy) is 1. The molecule has 0 saturated heterocycles. The van der Waals surface area contributed by atoms with Crippen molar-refractivity contribution in [3.63, 3.8) is 0 Å². The standard InChI is InChI=1S/C27H26FN3O4/c1-18(2)15-16-30-23-17-19(28)13-14-22(23)31(20-9-5-3-6-10-20)26(33)24(25(30)32)29-27(34)35-21-11-7-4-8-12-21/h3-14,17-18,24H,15-16H2,1-2H3,(H,29,34). The molecule has 4 rings (SSSR count). The molecule has 8 heteroatoms. The summed E-state index contributed by atoms with van der Waals surface area (Å²) in [5, 5.41) is 2.44. The zero-order chi connectivity index (χ0) is 24.9. The molecule has 1 unspecified atom stereocenters. The van der Waals surface area contributed by atoms with E-state index in [0.717, 1.165) is 0 Å². The molecule has 1 aliphatic rings. The van der Waals surface area contributed by atoms with Gasteiger partial charge in [-0.15, -0.1) is 0 Å².